The van der Waals surface area contributed by atoms with Gasteiger partial charge in [-0.25, -0.2) is 4.79 Å². The first-order valence-electron chi connectivity index (χ1n) is 8.16. The summed E-state index contributed by atoms with van der Waals surface area (Å²) in [7, 11) is 3.21. The Bertz CT molecular complexity index is 281. The van der Waals surface area contributed by atoms with E-state index in [-0.39, 0.29) is 6.04 Å². The van der Waals surface area contributed by atoms with Gasteiger partial charge in [0, 0.05) is 6.54 Å². The molecule has 0 aromatic carbocycles. The lowest BCUT2D eigenvalue weighted by atomic mass is 10.0. The van der Waals surface area contributed by atoms with Crippen LogP contribution in [0.1, 0.15) is 33.1 Å². The van der Waals surface area contributed by atoms with Gasteiger partial charge in [-0.1, -0.05) is 13.8 Å². The highest BCUT2D eigenvalue weighted by Crippen LogP contribution is 2.01. The fourth-order valence-electron chi connectivity index (χ4n) is 1.53. The SMILES string of the molecule is CC.CN.CNC(C=O)CCCCNC(=O)NC(CO)(CO)CO. The molecular formula is C15H36N4O5. The van der Waals surface area contributed by atoms with Crippen LogP contribution in [0.3, 0.4) is 0 Å². The Morgan fingerprint density at radius 3 is 2.00 bits per heavy atom. The molecule has 0 aromatic rings. The van der Waals surface area contributed by atoms with Crippen LogP contribution in [0.15, 0.2) is 0 Å². The minimum atomic E-state index is -1.42. The summed E-state index contributed by atoms with van der Waals surface area (Å²) in [6.45, 7) is 2.73. The molecular weight excluding hydrogens is 316 g/mol. The molecule has 1 atom stereocenters. The number of nitrogens with one attached hydrogen (secondary N) is 3. The highest BCUT2D eigenvalue weighted by Gasteiger charge is 2.29. The molecule has 0 rings (SSSR count). The summed E-state index contributed by atoms with van der Waals surface area (Å²) in [5.74, 6) is 0. The lowest BCUT2D eigenvalue weighted by Crippen LogP contribution is -2.59. The average Bonchev–Trinajstić information content (AvgIpc) is 2.66. The molecule has 0 fully saturated rings. The highest BCUT2D eigenvalue weighted by molar-refractivity contribution is 5.74. The van der Waals surface area contributed by atoms with Gasteiger partial charge in [0.1, 0.15) is 11.8 Å². The number of aliphatic hydroxyl groups excluding tert-OH is 3. The predicted octanol–water partition coefficient (Wildman–Crippen LogP) is -1.44. The molecule has 8 N–H and O–H groups in total. The largest absolute Gasteiger partial charge is 0.394 e. The van der Waals surface area contributed by atoms with Gasteiger partial charge in [0.05, 0.1) is 25.9 Å². The molecule has 0 aliphatic carbocycles. The Morgan fingerprint density at radius 1 is 1.12 bits per heavy atom. The van der Waals surface area contributed by atoms with Gasteiger partial charge >= 0.3 is 6.03 Å². The summed E-state index contributed by atoms with van der Waals surface area (Å²) < 4.78 is 0. The fraction of sp³-hybridized carbons (Fsp3) is 0.867. The maximum atomic E-state index is 11.5. The molecule has 0 spiro atoms. The number of unbranched alkanes of at least 4 members (excludes halogenated alkanes) is 1. The van der Waals surface area contributed by atoms with Crippen molar-refractivity contribution in [2.75, 3.05) is 40.5 Å². The van der Waals surface area contributed by atoms with Crippen LogP contribution in [-0.4, -0.2) is 79.7 Å². The van der Waals surface area contributed by atoms with Gasteiger partial charge in [0.15, 0.2) is 0 Å². The monoisotopic (exact) mass is 352 g/mol. The van der Waals surface area contributed by atoms with Gasteiger partial charge in [-0.05, 0) is 33.4 Å². The molecule has 2 amide bonds. The molecule has 0 bridgehead atoms. The average molecular weight is 352 g/mol. The number of amides is 2. The molecule has 0 aliphatic rings. The van der Waals surface area contributed by atoms with Crippen molar-refractivity contribution in [3.63, 3.8) is 0 Å². The summed E-state index contributed by atoms with van der Waals surface area (Å²) in [4.78, 5) is 22.1. The number of nitrogens with two attached hydrogens (primary N) is 1. The van der Waals surface area contributed by atoms with E-state index in [2.05, 4.69) is 21.7 Å². The number of carbonyl (C=O) groups excluding carboxylic acids is 2. The van der Waals surface area contributed by atoms with Gasteiger partial charge in [-0.15, -0.1) is 0 Å². The first kappa shape index (κ1) is 27.6. The molecule has 146 valence electrons. The molecule has 1 unspecified atom stereocenters. The fourth-order valence-corrected chi connectivity index (χ4v) is 1.53. The van der Waals surface area contributed by atoms with Crippen molar-refractivity contribution >= 4 is 12.3 Å². The topological polar surface area (TPSA) is 157 Å². The summed E-state index contributed by atoms with van der Waals surface area (Å²) in [6, 6.07) is -0.739. The molecule has 0 aliphatic heterocycles. The lowest BCUT2D eigenvalue weighted by Gasteiger charge is -2.28. The van der Waals surface area contributed by atoms with Crippen molar-refractivity contribution < 1.29 is 24.9 Å². The number of aliphatic hydroxyl groups is 3. The molecule has 0 heterocycles. The summed E-state index contributed by atoms with van der Waals surface area (Å²) >= 11 is 0. The third-order valence-electron chi connectivity index (χ3n) is 3.05. The van der Waals surface area contributed by atoms with Crippen molar-refractivity contribution in [3.8, 4) is 0 Å². The van der Waals surface area contributed by atoms with E-state index in [0.29, 0.717) is 19.4 Å². The number of urea groups is 1. The van der Waals surface area contributed by atoms with Gasteiger partial charge in [-0.3, -0.25) is 0 Å². The molecule has 0 aromatic heterocycles. The standard InChI is InChI=1S/C12H25N3O5.C2H6.CH5N/c1-13-10(6-16)4-2-3-5-14-11(20)15-12(7-17,8-18)9-19;2*1-2/h6,10,13,17-19H,2-5,7-9H2,1H3,(H2,14,15,20);1-2H3;2H2,1H3. The second kappa shape index (κ2) is 19.8. The van der Waals surface area contributed by atoms with E-state index >= 15 is 0 Å². The predicted molar refractivity (Wildman–Crippen MR) is 94.7 cm³/mol. The van der Waals surface area contributed by atoms with Gasteiger partial charge in [0.25, 0.3) is 0 Å². The van der Waals surface area contributed by atoms with Gasteiger partial charge < -0.3 is 41.8 Å². The van der Waals surface area contributed by atoms with Crippen molar-refractivity contribution in [1.29, 1.82) is 0 Å². The summed E-state index contributed by atoms with van der Waals surface area (Å²) in [5.41, 5.74) is 3.08. The summed E-state index contributed by atoms with van der Waals surface area (Å²) in [5, 5.41) is 34.9. The van der Waals surface area contributed by atoms with Crippen molar-refractivity contribution in [2.24, 2.45) is 5.73 Å². The maximum absolute atomic E-state index is 11.5. The number of aldehydes is 1. The van der Waals surface area contributed by atoms with Gasteiger partial charge in [-0.2, -0.15) is 0 Å². The Morgan fingerprint density at radius 2 is 1.62 bits per heavy atom. The van der Waals surface area contributed by atoms with Crippen molar-refractivity contribution in [2.45, 2.75) is 44.7 Å². The highest BCUT2D eigenvalue weighted by atomic mass is 16.3. The molecule has 0 radical (unpaired) electrons. The number of carbonyl (C=O) groups is 2. The lowest BCUT2D eigenvalue weighted by molar-refractivity contribution is -0.109. The van der Waals surface area contributed by atoms with Crippen LogP contribution in [0.5, 0.6) is 0 Å². The smallest absolute Gasteiger partial charge is 0.315 e. The Kier molecular flexibility index (Phi) is 22.7. The minimum absolute atomic E-state index is 0.172. The Balaban J connectivity index is -0.00000102. The van der Waals surface area contributed by atoms with E-state index < -0.39 is 31.4 Å². The van der Waals surface area contributed by atoms with E-state index in [1.165, 1.54) is 7.05 Å². The Labute approximate surface area is 145 Å². The van der Waals surface area contributed by atoms with Crippen LogP contribution < -0.4 is 21.7 Å². The Hall–Kier alpha value is -1.26. The van der Waals surface area contributed by atoms with Crippen LogP contribution in [0.2, 0.25) is 0 Å². The number of likely N-dealkylation sites (N-methyl/N-ethyl adjacent to an activating group) is 1. The first-order chi connectivity index (χ1) is 11.6. The zero-order valence-electron chi connectivity index (χ0n) is 15.3. The van der Waals surface area contributed by atoms with Crippen LogP contribution in [0.4, 0.5) is 4.79 Å². The molecule has 0 saturated carbocycles. The quantitative estimate of drug-likeness (QED) is 0.177. The van der Waals surface area contributed by atoms with Crippen LogP contribution >= 0.6 is 0 Å². The van der Waals surface area contributed by atoms with E-state index in [1.54, 1.807) is 7.05 Å². The van der Waals surface area contributed by atoms with Crippen LogP contribution in [0, 0.1) is 0 Å². The third-order valence-corrected chi connectivity index (χ3v) is 3.05. The van der Waals surface area contributed by atoms with Crippen molar-refractivity contribution in [1.82, 2.24) is 16.0 Å². The second-order valence-corrected chi connectivity index (χ2v) is 4.66. The van der Waals surface area contributed by atoms with E-state index in [9.17, 15) is 9.59 Å². The van der Waals surface area contributed by atoms with Gasteiger partial charge in [0.2, 0.25) is 0 Å². The molecule has 9 heteroatoms. The molecule has 0 saturated heterocycles. The third kappa shape index (κ3) is 13.2. The maximum Gasteiger partial charge on any atom is 0.315 e. The zero-order chi connectivity index (χ0) is 19.4. The second-order valence-electron chi connectivity index (χ2n) is 4.66. The normalized spacial score (nSPS) is 11.2. The number of hydrogen-bond donors (Lipinski definition) is 7. The number of hydrogen-bond acceptors (Lipinski definition) is 7. The van der Waals surface area contributed by atoms with Crippen LogP contribution in [-0.2, 0) is 4.79 Å². The van der Waals surface area contributed by atoms with E-state index in [1.807, 2.05) is 13.8 Å². The minimum Gasteiger partial charge on any atom is -0.394 e. The first-order valence-corrected chi connectivity index (χ1v) is 8.16. The van der Waals surface area contributed by atoms with Crippen molar-refractivity contribution in [3.05, 3.63) is 0 Å². The van der Waals surface area contributed by atoms with Crippen LogP contribution in [0.25, 0.3) is 0 Å². The van der Waals surface area contributed by atoms with E-state index in [0.717, 1.165) is 12.7 Å². The molecule has 9 nitrogen and oxygen atoms in total. The number of rotatable bonds is 11. The summed E-state index contributed by atoms with van der Waals surface area (Å²) in [6.07, 6.45) is 3.01. The molecule has 24 heavy (non-hydrogen) atoms. The zero-order valence-corrected chi connectivity index (χ0v) is 15.3. The van der Waals surface area contributed by atoms with E-state index in [4.69, 9.17) is 15.3 Å².